The Kier molecular flexibility index (Phi) is 4.70. The maximum absolute atomic E-state index is 12.5. The first-order chi connectivity index (χ1) is 5.81. The van der Waals surface area contributed by atoms with E-state index in [1.54, 1.807) is 0 Å². The molecule has 0 unspecified atom stereocenters. The van der Waals surface area contributed by atoms with Gasteiger partial charge in [-0.3, -0.25) is 0 Å². The first kappa shape index (κ1) is 12.7. The van der Waals surface area contributed by atoms with Crippen LogP contribution < -0.4 is 0 Å². The SMILES string of the molecule is CCCCCCC(F)(F)C(O)(O)F. The van der Waals surface area contributed by atoms with E-state index in [0.29, 0.717) is 6.42 Å². The normalized spacial score (nSPS) is 13.4. The minimum atomic E-state index is -4.39. The molecular weight excluding hydrogens is 185 g/mol. The Labute approximate surface area is 75.4 Å². The molecule has 0 amide bonds. The second-order valence-electron chi connectivity index (χ2n) is 3.10. The Morgan fingerprint density at radius 2 is 1.54 bits per heavy atom. The molecule has 0 aliphatic carbocycles. The largest absolute Gasteiger partial charge is 0.380 e. The van der Waals surface area contributed by atoms with Gasteiger partial charge in [-0.05, 0) is 6.42 Å². The summed E-state index contributed by atoms with van der Waals surface area (Å²) in [5, 5.41) is 16.1. The van der Waals surface area contributed by atoms with Crippen LogP contribution in [0, 0.1) is 0 Å². The zero-order chi connectivity index (χ0) is 10.5. The Morgan fingerprint density at radius 3 is 1.92 bits per heavy atom. The highest BCUT2D eigenvalue weighted by atomic mass is 19.3. The predicted octanol–water partition coefficient (Wildman–Crippen LogP) is 2.20. The highest BCUT2D eigenvalue weighted by Gasteiger charge is 2.52. The third-order valence-corrected chi connectivity index (χ3v) is 1.81. The standard InChI is InChI=1S/C8H15F3O2/c1-2-3-4-5-6-7(9,10)8(11,12)13/h12-13H,2-6H2,1H3. The van der Waals surface area contributed by atoms with Crippen LogP contribution >= 0.6 is 0 Å². The topological polar surface area (TPSA) is 40.5 Å². The van der Waals surface area contributed by atoms with Crippen molar-refractivity contribution >= 4 is 0 Å². The van der Waals surface area contributed by atoms with Crippen molar-refractivity contribution in [1.82, 2.24) is 0 Å². The molecule has 2 N–H and O–H groups in total. The molecule has 0 saturated carbocycles. The molecule has 0 aromatic carbocycles. The van der Waals surface area contributed by atoms with Crippen LogP contribution in [0.5, 0.6) is 0 Å². The van der Waals surface area contributed by atoms with Gasteiger partial charge in [0, 0.05) is 6.42 Å². The highest BCUT2D eigenvalue weighted by molar-refractivity contribution is 4.74. The van der Waals surface area contributed by atoms with E-state index in [1.165, 1.54) is 0 Å². The summed E-state index contributed by atoms with van der Waals surface area (Å²) in [6.07, 6.45) is 1.46. The van der Waals surface area contributed by atoms with E-state index >= 15 is 0 Å². The smallest absolute Gasteiger partial charge is 0.335 e. The van der Waals surface area contributed by atoms with E-state index in [0.717, 1.165) is 12.8 Å². The summed E-state index contributed by atoms with van der Waals surface area (Å²) in [6, 6.07) is -4.39. The lowest BCUT2D eigenvalue weighted by Crippen LogP contribution is -2.43. The lowest BCUT2D eigenvalue weighted by Gasteiger charge is -2.22. The summed E-state index contributed by atoms with van der Waals surface area (Å²) in [6.45, 7) is 1.91. The minimum absolute atomic E-state index is 0.0909. The number of unbranched alkanes of at least 4 members (excludes halogenated alkanes) is 3. The zero-order valence-corrected chi connectivity index (χ0v) is 7.56. The van der Waals surface area contributed by atoms with Gasteiger partial charge >= 0.3 is 12.0 Å². The Hall–Kier alpha value is -0.290. The summed E-state index contributed by atoms with van der Waals surface area (Å²) >= 11 is 0. The Morgan fingerprint density at radius 1 is 1.00 bits per heavy atom. The molecule has 0 aromatic rings. The van der Waals surface area contributed by atoms with Crippen LogP contribution in [0.2, 0.25) is 0 Å². The van der Waals surface area contributed by atoms with E-state index in [-0.39, 0.29) is 6.42 Å². The molecule has 0 fully saturated rings. The van der Waals surface area contributed by atoms with Crippen molar-refractivity contribution in [2.24, 2.45) is 0 Å². The van der Waals surface area contributed by atoms with Gasteiger partial charge in [0.2, 0.25) is 0 Å². The molecule has 0 bridgehead atoms. The van der Waals surface area contributed by atoms with Gasteiger partial charge in [0.25, 0.3) is 0 Å². The van der Waals surface area contributed by atoms with Crippen LogP contribution in [-0.2, 0) is 0 Å². The molecular formula is C8H15F3O2. The summed E-state index contributed by atoms with van der Waals surface area (Å²) in [7, 11) is 0. The quantitative estimate of drug-likeness (QED) is 0.509. The van der Waals surface area contributed by atoms with E-state index < -0.39 is 18.4 Å². The molecule has 0 saturated heterocycles. The van der Waals surface area contributed by atoms with Gasteiger partial charge in [0.1, 0.15) is 0 Å². The van der Waals surface area contributed by atoms with Gasteiger partial charge in [0.15, 0.2) is 0 Å². The molecule has 80 valence electrons. The van der Waals surface area contributed by atoms with Crippen molar-refractivity contribution in [3.05, 3.63) is 0 Å². The van der Waals surface area contributed by atoms with E-state index in [2.05, 4.69) is 0 Å². The van der Waals surface area contributed by atoms with Gasteiger partial charge in [-0.25, -0.2) is 0 Å². The summed E-state index contributed by atoms with van der Waals surface area (Å²) < 4.78 is 37.0. The molecule has 0 radical (unpaired) electrons. The fourth-order valence-corrected chi connectivity index (χ4v) is 0.933. The van der Waals surface area contributed by atoms with Crippen molar-refractivity contribution in [2.45, 2.75) is 51.0 Å². The zero-order valence-electron chi connectivity index (χ0n) is 7.56. The molecule has 2 nitrogen and oxygen atoms in total. The van der Waals surface area contributed by atoms with Gasteiger partial charge < -0.3 is 10.2 Å². The van der Waals surface area contributed by atoms with Crippen molar-refractivity contribution in [3.63, 3.8) is 0 Å². The Balaban J connectivity index is 3.77. The summed E-state index contributed by atoms with van der Waals surface area (Å²) in [5.41, 5.74) is 0. The molecule has 0 heterocycles. The molecule has 0 aliphatic rings. The molecule has 0 aromatic heterocycles. The van der Waals surface area contributed by atoms with Gasteiger partial charge in [-0.2, -0.15) is 13.2 Å². The third-order valence-electron chi connectivity index (χ3n) is 1.81. The second kappa shape index (κ2) is 4.81. The van der Waals surface area contributed by atoms with Gasteiger partial charge in [-0.15, -0.1) is 0 Å². The number of hydrogen-bond donors (Lipinski definition) is 2. The Bertz CT molecular complexity index is 143. The van der Waals surface area contributed by atoms with Crippen molar-refractivity contribution in [1.29, 1.82) is 0 Å². The van der Waals surface area contributed by atoms with E-state index in [9.17, 15) is 13.2 Å². The third kappa shape index (κ3) is 4.47. The number of rotatable bonds is 6. The molecule has 5 heteroatoms. The second-order valence-corrected chi connectivity index (χ2v) is 3.10. The number of aliphatic hydroxyl groups is 2. The van der Waals surface area contributed by atoms with Crippen molar-refractivity contribution in [3.8, 4) is 0 Å². The van der Waals surface area contributed by atoms with E-state index in [1.807, 2.05) is 6.92 Å². The fourth-order valence-electron chi connectivity index (χ4n) is 0.933. The van der Waals surface area contributed by atoms with Crippen molar-refractivity contribution in [2.75, 3.05) is 0 Å². The van der Waals surface area contributed by atoms with E-state index in [4.69, 9.17) is 10.2 Å². The van der Waals surface area contributed by atoms with Crippen LogP contribution in [0.25, 0.3) is 0 Å². The maximum Gasteiger partial charge on any atom is 0.380 e. The average molecular weight is 200 g/mol. The molecule has 0 spiro atoms. The summed E-state index contributed by atoms with van der Waals surface area (Å²) in [4.78, 5) is 0. The number of halogens is 3. The molecule has 0 aliphatic heterocycles. The number of alkyl halides is 3. The first-order valence-electron chi connectivity index (χ1n) is 4.32. The lowest BCUT2D eigenvalue weighted by molar-refractivity contribution is -0.368. The number of hydrogen-bond acceptors (Lipinski definition) is 2. The highest BCUT2D eigenvalue weighted by Crippen LogP contribution is 2.32. The molecule has 0 rings (SSSR count). The van der Waals surface area contributed by atoms with Crippen LogP contribution in [0.3, 0.4) is 0 Å². The van der Waals surface area contributed by atoms with Gasteiger partial charge in [0.05, 0.1) is 0 Å². The predicted molar refractivity (Wildman–Crippen MR) is 42.0 cm³/mol. The van der Waals surface area contributed by atoms with Crippen LogP contribution in [0.1, 0.15) is 39.0 Å². The minimum Gasteiger partial charge on any atom is -0.335 e. The lowest BCUT2D eigenvalue weighted by atomic mass is 10.1. The van der Waals surface area contributed by atoms with Crippen LogP contribution in [0.15, 0.2) is 0 Å². The fraction of sp³-hybridized carbons (Fsp3) is 1.00. The summed E-state index contributed by atoms with van der Waals surface area (Å²) in [5.74, 6) is -4.07. The molecule has 0 atom stereocenters. The van der Waals surface area contributed by atoms with Crippen LogP contribution in [0.4, 0.5) is 13.2 Å². The maximum atomic E-state index is 12.5. The monoisotopic (exact) mass is 200 g/mol. The van der Waals surface area contributed by atoms with Crippen LogP contribution in [-0.4, -0.2) is 22.2 Å². The van der Waals surface area contributed by atoms with Crippen molar-refractivity contribution < 1.29 is 23.4 Å². The molecule has 13 heavy (non-hydrogen) atoms. The first-order valence-corrected chi connectivity index (χ1v) is 4.32. The average Bonchev–Trinajstić information content (AvgIpc) is 1.96. The van der Waals surface area contributed by atoms with Gasteiger partial charge in [-0.1, -0.05) is 26.2 Å².